The lowest BCUT2D eigenvalue weighted by atomic mass is 9.86. The van der Waals surface area contributed by atoms with E-state index < -0.39 is 41.8 Å². The minimum Gasteiger partial charge on any atom is -0.480 e. The third kappa shape index (κ3) is 1.76. The predicted molar refractivity (Wildman–Crippen MR) is 56.6 cm³/mol. The summed E-state index contributed by atoms with van der Waals surface area (Å²) in [4.78, 5) is 35.5. The highest BCUT2D eigenvalue weighted by atomic mass is 16.4. The molecule has 7 heteroatoms. The van der Waals surface area contributed by atoms with Crippen molar-refractivity contribution in [3.8, 4) is 0 Å². The Morgan fingerprint density at radius 2 is 2.00 bits per heavy atom. The van der Waals surface area contributed by atoms with Crippen LogP contribution in [0.2, 0.25) is 0 Å². The van der Waals surface area contributed by atoms with Gasteiger partial charge in [-0.1, -0.05) is 0 Å². The minimum atomic E-state index is -1.06. The third-order valence-corrected chi connectivity index (χ3v) is 3.62. The van der Waals surface area contributed by atoms with Crippen LogP contribution in [0.4, 0.5) is 0 Å². The first-order chi connectivity index (χ1) is 7.93. The van der Waals surface area contributed by atoms with Gasteiger partial charge in [-0.05, 0) is 19.3 Å². The van der Waals surface area contributed by atoms with Gasteiger partial charge < -0.3 is 21.5 Å². The van der Waals surface area contributed by atoms with Crippen LogP contribution >= 0.6 is 0 Å². The van der Waals surface area contributed by atoms with E-state index in [1.807, 2.05) is 0 Å². The fourth-order valence-corrected chi connectivity index (χ4v) is 2.82. The van der Waals surface area contributed by atoms with E-state index >= 15 is 0 Å². The van der Waals surface area contributed by atoms with E-state index in [1.165, 1.54) is 4.90 Å². The van der Waals surface area contributed by atoms with Crippen LogP contribution < -0.4 is 11.5 Å². The normalized spacial score (nSPS) is 36.8. The summed E-state index contributed by atoms with van der Waals surface area (Å²) in [6.07, 6.45) is 1.05. The van der Waals surface area contributed by atoms with Crippen LogP contribution in [0.3, 0.4) is 0 Å². The number of carboxylic acids is 1. The molecule has 0 bridgehead atoms. The molecule has 0 aromatic carbocycles. The summed E-state index contributed by atoms with van der Waals surface area (Å²) in [6, 6.07) is -2.11. The topological polar surface area (TPSA) is 127 Å². The molecular weight excluding hydrogens is 226 g/mol. The van der Waals surface area contributed by atoms with Crippen molar-refractivity contribution in [2.75, 3.05) is 0 Å². The van der Waals surface area contributed by atoms with Gasteiger partial charge in [-0.2, -0.15) is 0 Å². The quantitative estimate of drug-likeness (QED) is 0.529. The molecule has 0 aliphatic carbocycles. The molecule has 94 valence electrons. The van der Waals surface area contributed by atoms with Crippen molar-refractivity contribution in [1.29, 1.82) is 0 Å². The molecule has 0 aromatic heterocycles. The molecule has 5 N–H and O–H groups in total. The van der Waals surface area contributed by atoms with E-state index in [1.54, 1.807) is 0 Å². The number of nitrogens with two attached hydrogens (primary N) is 2. The van der Waals surface area contributed by atoms with Crippen LogP contribution in [0.1, 0.15) is 19.3 Å². The van der Waals surface area contributed by atoms with Crippen molar-refractivity contribution in [1.82, 2.24) is 4.90 Å². The number of primary amides is 1. The Hall–Kier alpha value is -1.63. The molecule has 0 radical (unpaired) electrons. The lowest BCUT2D eigenvalue weighted by Crippen LogP contribution is -2.60. The molecule has 2 amide bonds. The number of piperidine rings is 1. The standard InChI is InChI=1S/C10H15N3O4/c11-5-3-4(8(12)14)6-1-2-7(10(16)17)13(6)9(5)15/h4-7H,1-3,11H2,(H2,12,14)(H,16,17). The number of fused-ring (bicyclic) bond motifs is 1. The Kier molecular flexibility index (Phi) is 2.78. The average Bonchev–Trinajstić information content (AvgIpc) is 2.67. The Morgan fingerprint density at radius 1 is 1.35 bits per heavy atom. The Morgan fingerprint density at radius 3 is 2.53 bits per heavy atom. The zero-order valence-corrected chi connectivity index (χ0v) is 9.20. The number of carbonyl (C=O) groups is 3. The summed E-state index contributed by atoms with van der Waals surface area (Å²) < 4.78 is 0. The second-order valence-corrected chi connectivity index (χ2v) is 4.60. The van der Waals surface area contributed by atoms with Gasteiger partial charge in [0.2, 0.25) is 11.8 Å². The number of hydrogen-bond acceptors (Lipinski definition) is 4. The largest absolute Gasteiger partial charge is 0.480 e. The fraction of sp³-hybridized carbons (Fsp3) is 0.700. The third-order valence-electron chi connectivity index (χ3n) is 3.62. The first-order valence-corrected chi connectivity index (χ1v) is 5.53. The molecule has 2 fully saturated rings. The van der Waals surface area contributed by atoms with Gasteiger partial charge in [-0.3, -0.25) is 9.59 Å². The van der Waals surface area contributed by atoms with Crippen molar-refractivity contribution < 1.29 is 19.5 Å². The summed E-state index contributed by atoms with van der Waals surface area (Å²) >= 11 is 0. The maximum absolute atomic E-state index is 11.9. The van der Waals surface area contributed by atoms with Crippen LogP contribution in [0.15, 0.2) is 0 Å². The summed E-state index contributed by atoms with van der Waals surface area (Å²) in [6.45, 7) is 0. The van der Waals surface area contributed by atoms with Crippen LogP contribution in [-0.4, -0.2) is 45.9 Å². The monoisotopic (exact) mass is 241 g/mol. The maximum Gasteiger partial charge on any atom is 0.326 e. The molecule has 2 heterocycles. The summed E-state index contributed by atoms with van der Waals surface area (Å²) in [7, 11) is 0. The van der Waals surface area contributed by atoms with E-state index in [4.69, 9.17) is 16.6 Å². The van der Waals surface area contributed by atoms with E-state index in [2.05, 4.69) is 0 Å². The van der Waals surface area contributed by atoms with Crippen molar-refractivity contribution in [3.05, 3.63) is 0 Å². The Balaban J connectivity index is 2.31. The molecule has 2 aliphatic heterocycles. The zero-order chi connectivity index (χ0) is 12.7. The maximum atomic E-state index is 11.9. The molecule has 2 saturated heterocycles. The first-order valence-electron chi connectivity index (χ1n) is 5.53. The van der Waals surface area contributed by atoms with Gasteiger partial charge in [0.1, 0.15) is 6.04 Å². The van der Waals surface area contributed by atoms with Crippen LogP contribution in [0.25, 0.3) is 0 Å². The van der Waals surface area contributed by atoms with Gasteiger partial charge in [0.25, 0.3) is 0 Å². The Labute approximate surface area is 97.7 Å². The number of hydrogen-bond donors (Lipinski definition) is 3. The van der Waals surface area contributed by atoms with Gasteiger partial charge in [-0.15, -0.1) is 0 Å². The minimum absolute atomic E-state index is 0.210. The second-order valence-electron chi connectivity index (χ2n) is 4.60. The van der Waals surface area contributed by atoms with Crippen molar-refractivity contribution in [2.24, 2.45) is 17.4 Å². The molecule has 17 heavy (non-hydrogen) atoms. The molecule has 4 atom stereocenters. The number of nitrogens with zero attached hydrogens (tertiary/aromatic N) is 1. The molecular formula is C10H15N3O4. The fourth-order valence-electron chi connectivity index (χ4n) is 2.82. The molecule has 2 aliphatic rings. The smallest absolute Gasteiger partial charge is 0.326 e. The van der Waals surface area contributed by atoms with E-state index in [0.29, 0.717) is 12.8 Å². The SMILES string of the molecule is NC(=O)C1CC(N)C(=O)N2C(C(=O)O)CCC12. The molecule has 0 aromatic rings. The highest BCUT2D eigenvalue weighted by molar-refractivity contribution is 5.91. The van der Waals surface area contributed by atoms with Crippen molar-refractivity contribution in [2.45, 2.75) is 37.4 Å². The number of carboxylic acid groups (broad SMARTS) is 1. The van der Waals surface area contributed by atoms with Gasteiger partial charge in [0.15, 0.2) is 0 Å². The number of aliphatic carboxylic acids is 1. The van der Waals surface area contributed by atoms with E-state index in [-0.39, 0.29) is 6.42 Å². The Bertz CT molecular complexity index is 384. The average molecular weight is 241 g/mol. The second kappa shape index (κ2) is 3.99. The zero-order valence-electron chi connectivity index (χ0n) is 9.20. The van der Waals surface area contributed by atoms with Gasteiger partial charge in [-0.25, -0.2) is 4.79 Å². The molecule has 0 spiro atoms. The number of rotatable bonds is 2. The lowest BCUT2D eigenvalue weighted by molar-refractivity contribution is -0.154. The van der Waals surface area contributed by atoms with Crippen LogP contribution in [-0.2, 0) is 14.4 Å². The summed E-state index contributed by atoms with van der Waals surface area (Å²) in [5.41, 5.74) is 10.9. The van der Waals surface area contributed by atoms with Gasteiger partial charge in [0, 0.05) is 6.04 Å². The summed E-state index contributed by atoms with van der Waals surface area (Å²) in [5.74, 6) is -2.50. The molecule has 7 nitrogen and oxygen atoms in total. The lowest BCUT2D eigenvalue weighted by Gasteiger charge is -2.39. The van der Waals surface area contributed by atoms with Gasteiger partial charge in [0.05, 0.1) is 12.0 Å². The van der Waals surface area contributed by atoms with Gasteiger partial charge >= 0.3 is 5.97 Å². The molecule has 4 unspecified atom stereocenters. The predicted octanol–water partition coefficient (Wildman–Crippen LogP) is -1.74. The molecule has 2 rings (SSSR count). The number of carbonyl (C=O) groups excluding carboxylic acids is 2. The highest BCUT2D eigenvalue weighted by Crippen LogP contribution is 2.35. The van der Waals surface area contributed by atoms with E-state index in [9.17, 15) is 14.4 Å². The van der Waals surface area contributed by atoms with Crippen molar-refractivity contribution in [3.63, 3.8) is 0 Å². The molecule has 0 saturated carbocycles. The van der Waals surface area contributed by atoms with Crippen molar-refractivity contribution >= 4 is 17.8 Å². The van der Waals surface area contributed by atoms with Crippen LogP contribution in [0.5, 0.6) is 0 Å². The number of amides is 2. The first kappa shape index (κ1) is 11.8. The highest BCUT2D eigenvalue weighted by Gasteiger charge is 2.50. The summed E-state index contributed by atoms with van der Waals surface area (Å²) in [5, 5.41) is 9.03. The van der Waals surface area contributed by atoms with E-state index in [0.717, 1.165) is 0 Å². The van der Waals surface area contributed by atoms with Crippen LogP contribution in [0, 0.1) is 5.92 Å².